The molecule has 0 aliphatic heterocycles. The first-order chi connectivity index (χ1) is 4.92. The summed E-state index contributed by atoms with van der Waals surface area (Å²) in [5.74, 6) is 0. The molecule has 2 aromatic rings. The van der Waals surface area contributed by atoms with Gasteiger partial charge in [-0.2, -0.15) is 10.3 Å². The van der Waals surface area contributed by atoms with Crippen molar-refractivity contribution >= 4 is 17.3 Å². The van der Waals surface area contributed by atoms with Gasteiger partial charge in [-0.05, 0) is 0 Å². The molecule has 4 heteroatoms. The van der Waals surface area contributed by atoms with Crippen LogP contribution in [-0.2, 0) is 0 Å². The fraction of sp³-hybridized carbons (Fsp3) is 0. The van der Waals surface area contributed by atoms with Crippen molar-refractivity contribution < 1.29 is 4.42 Å². The van der Waals surface area contributed by atoms with Crippen molar-refractivity contribution in [3.8, 4) is 0 Å². The van der Waals surface area contributed by atoms with Crippen molar-refractivity contribution in [1.29, 1.82) is 0 Å². The Morgan fingerprint density at radius 1 is 1.60 bits per heavy atom. The summed E-state index contributed by atoms with van der Waals surface area (Å²) >= 11 is 0. The molecule has 2 aromatic heterocycles. The van der Waals surface area contributed by atoms with E-state index in [1.807, 2.05) is 0 Å². The van der Waals surface area contributed by atoms with E-state index in [-0.39, 0.29) is 0 Å². The maximum atomic E-state index is 5.00. The normalized spacial score (nSPS) is 10.4. The number of fused-ring (bicyclic) bond motifs is 1. The van der Waals surface area contributed by atoms with Crippen LogP contribution in [0.5, 0.6) is 0 Å². The molecule has 4 nitrogen and oxygen atoms in total. The Hall–Kier alpha value is -1.58. The largest absolute Gasteiger partial charge is 0.443 e. The van der Waals surface area contributed by atoms with E-state index in [2.05, 4.69) is 22.0 Å². The molecular weight excluding hydrogens is 130 g/mol. The molecule has 2 heterocycles. The van der Waals surface area contributed by atoms with Crippen LogP contribution in [0.2, 0.25) is 0 Å². The van der Waals surface area contributed by atoms with Crippen molar-refractivity contribution in [3.05, 3.63) is 18.4 Å². The minimum atomic E-state index is 0.523. The first-order valence-electron chi connectivity index (χ1n) is 2.82. The number of rotatable bonds is 1. The third-order valence-electron chi connectivity index (χ3n) is 1.31. The van der Waals surface area contributed by atoms with Crippen LogP contribution in [0.25, 0.3) is 17.3 Å². The number of H-pyrrole nitrogens is 1. The first kappa shape index (κ1) is 5.22. The van der Waals surface area contributed by atoms with E-state index >= 15 is 0 Å². The second-order valence-electron chi connectivity index (χ2n) is 1.87. The number of nitrogens with zero attached hydrogens (tertiary/aromatic N) is 2. The second kappa shape index (κ2) is 1.70. The summed E-state index contributed by atoms with van der Waals surface area (Å²) < 4.78 is 5.00. The molecule has 0 unspecified atom stereocenters. The number of hydrogen-bond donors (Lipinski definition) is 1. The van der Waals surface area contributed by atoms with Crippen LogP contribution >= 0.6 is 0 Å². The van der Waals surface area contributed by atoms with Crippen molar-refractivity contribution in [3.63, 3.8) is 0 Å². The van der Waals surface area contributed by atoms with Crippen molar-refractivity contribution in [2.75, 3.05) is 0 Å². The van der Waals surface area contributed by atoms with Gasteiger partial charge in [0.05, 0.1) is 0 Å². The smallest absolute Gasteiger partial charge is 0.266 e. The zero-order chi connectivity index (χ0) is 6.97. The average molecular weight is 135 g/mol. The minimum Gasteiger partial charge on any atom is -0.443 e. The zero-order valence-electron chi connectivity index (χ0n) is 5.16. The monoisotopic (exact) mass is 135 g/mol. The molecule has 50 valence electrons. The second-order valence-corrected chi connectivity index (χ2v) is 1.87. The highest BCUT2D eigenvalue weighted by Gasteiger charge is 2.04. The van der Waals surface area contributed by atoms with Crippen molar-refractivity contribution in [1.82, 2.24) is 15.4 Å². The molecule has 0 amide bonds. The maximum absolute atomic E-state index is 5.00. The lowest BCUT2D eigenvalue weighted by Gasteiger charge is -1.74. The van der Waals surface area contributed by atoms with Gasteiger partial charge in [-0.25, -0.2) is 0 Å². The summed E-state index contributed by atoms with van der Waals surface area (Å²) in [6, 6.07) is 0. The first-order valence-corrected chi connectivity index (χ1v) is 2.82. The van der Waals surface area contributed by atoms with Gasteiger partial charge in [0.2, 0.25) is 0 Å². The summed E-state index contributed by atoms with van der Waals surface area (Å²) in [6.07, 6.45) is 3.25. The lowest BCUT2D eigenvalue weighted by atomic mass is 10.3. The van der Waals surface area contributed by atoms with E-state index in [4.69, 9.17) is 4.42 Å². The van der Waals surface area contributed by atoms with Gasteiger partial charge in [0.25, 0.3) is 5.71 Å². The Balaban J connectivity index is 2.88. The predicted octanol–water partition coefficient (Wildman–Crippen LogP) is 1.19. The molecule has 0 atom stereocenters. The molecule has 10 heavy (non-hydrogen) atoms. The van der Waals surface area contributed by atoms with Crippen LogP contribution in [0.15, 0.2) is 17.3 Å². The predicted molar refractivity (Wildman–Crippen MR) is 36.2 cm³/mol. The van der Waals surface area contributed by atoms with Crippen LogP contribution in [0.4, 0.5) is 0 Å². The molecule has 0 aromatic carbocycles. The maximum Gasteiger partial charge on any atom is 0.266 e. The standard InChI is InChI=1S/C6H5N3O/c1-2-4-3-10-6-5(4)7-9-8-6/h2-3H,1H2,(H,7,8,9). The Labute approximate surface area is 56.5 Å². The van der Waals surface area contributed by atoms with Gasteiger partial charge in [0.15, 0.2) is 5.52 Å². The Bertz CT molecular complexity index is 360. The van der Waals surface area contributed by atoms with E-state index in [1.165, 1.54) is 0 Å². The van der Waals surface area contributed by atoms with E-state index in [0.29, 0.717) is 5.71 Å². The van der Waals surface area contributed by atoms with Crippen LogP contribution in [0.1, 0.15) is 5.56 Å². The van der Waals surface area contributed by atoms with Gasteiger partial charge >= 0.3 is 0 Å². The Morgan fingerprint density at radius 3 is 3.30 bits per heavy atom. The third kappa shape index (κ3) is 0.500. The topological polar surface area (TPSA) is 54.7 Å². The van der Waals surface area contributed by atoms with E-state index in [1.54, 1.807) is 12.3 Å². The molecule has 0 fully saturated rings. The van der Waals surface area contributed by atoms with Gasteiger partial charge in [0.1, 0.15) is 6.26 Å². The van der Waals surface area contributed by atoms with Crippen molar-refractivity contribution in [2.24, 2.45) is 0 Å². The summed E-state index contributed by atoms with van der Waals surface area (Å²) in [6.45, 7) is 3.59. The highest BCUT2D eigenvalue weighted by molar-refractivity contribution is 5.79. The third-order valence-corrected chi connectivity index (χ3v) is 1.31. The fourth-order valence-electron chi connectivity index (χ4n) is 0.811. The summed E-state index contributed by atoms with van der Waals surface area (Å²) in [5.41, 5.74) is 2.12. The SMILES string of the molecule is C=Cc1coc2n[nH]nc12. The molecule has 1 N–H and O–H groups in total. The molecule has 0 aliphatic carbocycles. The Kier molecular flexibility index (Phi) is 0.887. The number of furan rings is 1. The molecule has 0 saturated carbocycles. The molecule has 0 radical (unpaired) electrons. The lowest BCUT2D eigenvalue weighted by molar-refractivity contribution is 0.597. The zero-order valence-corrected chi connectivity index (χ0v) is 5.16. The average Bonchev–Trinajstić information content (AvgIpc) is 2.44. The van der Waals surface area contributed by atoms with Crippen LogP contribution < -0.4 is 0 Å². The molecule has 0 spiro atoms. The van der Waals surface area contributed by atoms with E-state index in [0.717, 1.165) is 11.1 Å². The molecule has 0 bridgehead atoms. The number of aromatic amines is 1. The fourth-order valence-corrected chi connectivity index (χ4v) is 0.811. The van der Waals surface area contributed by atoms with E-state index < -0.39 is 0 Å². The summed E-state index contributed by atoms with van der Waals surface area (Å²) in [4.78, 5) is 0. The number of nitrogens with one attached hydrogen (secondary N) is 1. The van der Waals surface area contributed by atoms with E-state index in [9.17, 15) is 0 Å². The number of hydrogen-bond acceptors (Lipinski definition) is 3. The van der Waals surface area contributed by atoms with Gasteiger partial charge in [-0.3, -0.25) is 0 Å². The van der Waals surface area contributed by atoms with Gasteiger partial charge in [-0.1, -0.05) is 12.7 Å². The molecule has 2 rings (SSSR count). The van der Waals surface area contributed by atoms with Crippen LogP contribution in [-0.4, -0.2) is 15.4 Å². The quantitative estimate of drug-likeness (QED) is 0.639. The molecular formula is C6H5N3O. The summed E-state index contributed by atoms with van der Waals surface area (Å²) in [7, 11) is 0. The van der Waals surface area contributed by atoms with Crippen LogP contribution in [0.3, 0.4) is 0 Å². The highest BCUT2D eigenvalue weighted by atomic mass is 16.3. The molecule has 0 aliphatic rings. The van der Waals surface area contributed by atoms with Crippen molar-refractivity contribution in [2.45, 2.75) is 0 Å². The van der Waals surface area contributed by atoms with Gasteiger partial charge < -0.3 is 4.42 Å². The highest BCUT2D eigenvalue weighted by Crippen LogP contribution is 2.15. The van der Waals surface area contributed by atoms with Gasteiger partial charge in [0, 0.05) is 5.56 Å². The summed E-state index contributed by atoms with van der Waals surface area (Å²) in [5, 5.41) is 10.0. The lowest BCUT2D eigenvalue weighted by Crippen LogP contribution is -1.68. The number of aromatic nitrogens is 3. The Morgan fingerprint density at radius 2 is 2.50 bits per heavy atom. The molecule has 0 saturated heterocycles. The van der Waals surface area contributed by atoms with Crippen LogP contribution in [0, 0.1) is 0 Å². The minimum absolute atomic E-state index is 0.523. The van der Waals surface area contributed by atoms with Gasteiger partial charge in [-0.15, -0.1) is 5.10 Å².